The minimum absolute atomic E-state index is 0.454. The molecule has 1 aromatic rings. The minimum Gasteiger partial charge on any atom is -0.126 e. The lowest BCUT2D eigenvalue weighted by molar-refractivity contribution is 0.847. The van der Waals surface area contributed by atoms with Crippen LogP contribution >= 0.6 is 11.6 Å². The number of aryl methyl sites for hydroxylation is 2. The van der Waals surface area contributed by atoms with E-state index in [1.165, 1.54) is 27.8 Å². The van der Waals surface area contributed by atoms with Crippen LogP contribution in [0.2, 0.25) is 0 Å². The summed E-state index contributed by atoms with van der Waals surface area (Å²) in [5.74, 6) is 1.15. The maximum atomic E-state index is 5.94. The van der Waals surface area contributed by atoms with Crippen molar-refractivity contribution in [2.75, 3.05) is 5.88 Å². The molecular formula is C13H19Cl. The molecule has 0 heterocycles. The lowest BCUT2D eigenvalue weighted by atomic mass is 9.88. The molecule has 0 spiro atoms. The summed E-state index contributed by atoms with van der Waals surface area (Å²) >= 11 is 5.94. The highest BCUT2D eigenvalue weighted by Gasteiger charge is 2.13. The molecule has 0 bridgehead atoms. The third kappa shape index (κ3) is 1.95. The highest BCUT2D eigenvalue weighted by molar-refractivity contribution is 6.18. The lowest BCUT2D eigenvalue weighted by Crippen LogP contribution is -2.04. The van der Waals surface area contributed by atoms with Gasteiger partial charge in [0.2, 0.25) is 0 Å². The number of hydrogen-bond donors (Lipinski definition) is 0. The van der Waals surface area contributed by atoms with Crippen molar-refractivity contribution in [2.24, 2.45) is 0 Å². The van der Waals surface area contributed by atoms with E-state index in [1.54, 1.807) is 0 Å². The Hall–Kier alpha value is -0.490. The van der Waals surface area contributed by atoms with E-state index >= 15 is 0 Å². The first-order valence-electron chi connectivity index (χ1n) is 5.12. The first kappa shape index (κ1) is 11.6. The summed E-state index contributed by atoms with van der Waals surface area (Å²) in [5, 5.41) is 0. The predicted octanol–water partition coefficient (Wildman–Crippen LogP) is 4.26. The van der Waals surface area contributed by atoms with Crippen molar-refractivity contribution in [3.8, 4) is 0 Å². The van der Waals surface area contributed by atoms with Gasteiger partial charge in [-0.05, 0) is 61.4 Å². The van der Waals surface area contributed by atoms with Gasteiger partial charge in [-0.2, -0.15) is 0 Å². The maximum absolute atomic E-state index is 5.94. The number of rotatable bonds is 2. The monoisotopic (exact) mass is 210 g/mol. The first-order valence-corrected chi connectivity index (χ1v) is 5.65. The average molecular weight is 211 g/mol. The van der Waals surface area contributed by atoms with E-state index in [2.05, 4.69) is 40.7 Å². The highest BCUT2D eigenvalue weighted by Crippen LogP contribution is 2.28. The number of halogens is 1. The van der Waals surface area contributed by atoms with Gasteiger partial charge in [0, 0.05) is 5.88 Å². The predicted molar refractivity (Wildman–Crippen MR) is 64.5 cm³/mol. The Labute approximate surface area is 92.3 Å². The van der Waals surface area contributed by atoms with E-state index < -0.39 is 0 Å². The average Bonchev–Trinajstić information content (AvgIpc) is 2.15. The van der Waals surface area contributed by atoms with Gasteiger partial charge in [0.05, 0.1) is 0 Å². The molecule has 0 aliphatic heterocycles. The van der Waals surface area contributed by atoms with Gasteiger partial charge in [0.25, 0.3) is 0 Å². The second kappa shape index (κ2) is 4.35. The van der Waals surface area contributed by atoms with Gasteiger partial charge in [-0.1, -0.05) is 13.0 Å². The molecule has 1 heteroatoms. The zero-order chi connectivity index (χ0) is 10.9. The minimum atomic E-state index is 0.454. The van der Waals surface area contributed by atoms with Crippen molar-refractivity contribution >= 4 is 11.6 Å². The van der Waals surface area contributed by atoms with Crippen LogP contribution in [0.1, 0.15) is 40.7 Å². The van der Waals surface area contributed by atoms with Crippen LogP contribution in [-0.2, 0) is 0 Å². The van der Waals surface area contributed by atoms with Gasteiger partial charge in [0.1, 0.15) is 0 Å². The fraction of sp³-hybridized carbons (Fsp3) is 0.538. The number of alkyl halides is 1. The first-order chi connectivity index (χ1) is 6.49. The Morgan fingerprint density at radius 2 is 1.50 bits per heavy atom. The van der Waals surface area contributed by atoms with Gasteiger partial charge < -0.3 is 0 Å². The molecule has 0 aliphatic carbocycles. The molecule has 1 unspecified atom stereocenters. The molecule has 0 aliphatic rings. The van der Waals surface area contributed by atoms with Crippen LogP contribution in [0.4, 0.5) is 0 Å². The normalized spacial score (nSPS) is 13.0. The van der Waals surface area contributed by atoms with Crippen molar-refractivity contribution in [3.05, 3.63) is 33.9 Å². The Bertz CT molecular complexity index is 313. The quantitative estimate of drug-likeness (QED) is 0.640. The molecule has 0 fully saturated rings. The van der Waals surface area contributed by atoms with Crippen LogP contribution in [-0.4, -0.2) is 5.88 Å². The SMILES string of the molecule is Cc1cc(C)c(C)c(C(C)CCl)c1C. The summed E-state index contributed by atoms with van der Waals surface area (Å²) in [6.45, 7) is 10.9. The van der Waals surface area contributed by atoms with E-state index in [0.29, 0.717) is 11.8 Å². The second-order valence-electron chi connectivity index (χ2n) is 4.23. The molecule has 0 saturated carbocycles. The van der Waals surface area contributed by atoms with E-state index in [-0.39, 0.29) is 0 Å². The topological polar surface area (TPSA) is 0 Å². The van der Waals surface area contributed by atoms with Gasteiger partial charge in [0.15, 0.2) is 0 Å². The van der Waals surface area contributed by atoms with Crippen molar-refractivity contribution in [3.63, 3.8) is 0 Å². The summed E-state index contributed by atoms with van der Waals surface area (Å²) in [7, 11) is 0. The second-order valence-corrected chi connectivity index (χ2v) is 4.54. The van der Waals surface area contributed by atoms with Crippen LogP contribution in [0.15, 0.2) is 6.07 Å². The largest absolute Gasteiger partial charge is 0.126 e. The Morgan fingerprint density at radius 3 is 1.86 bits per heavy atom. The molecule has 0 saturated heterocycles. The molecule has 1 atom stereocenters. The van der Waals surface area contributed by atoms with Gasteiger partial charge in [-0.15, -0.1) is 11.6 Å². The molecular weight excluding hydrogens is 192 g/mol. The zero-order valence-corrected chi connectivity index (χ0v) is 10.5. The molecule has 0 amide bonds. The highest BCUT2D eigenvalue weighted by atomic mass is 35.5. The number of benzene rings is 1. The van der Waals surface area contributed by atoms with E-state index in [1.807, 2.05) is 0 Å². The van der Waals surface area contributed by atoms with Crippen LogP contribution in [0.3, 0.4) is 0 Å². The Morgan fingerprint density at radius 1 is 1.07 bits per heavy atom. The van der Waals surface area contributed by atoms with Gasteiger partial charge >= 0.3 is 0 Å². The van der Waals surface area contributed by atoms with Gasteiger partial charge in [-0.3, -0.25) is 0 Å². The molecule has 1 aromatic carbocycles. The molecule has 0 N–H and O–H groups in total. The molecule has 78 valence electrons. The van der Waals surface area contributed by atoms with E-state index in [9.17, 15) is 0 Å². The Balaban J connectivity index is 3.39. The third-order valence-electron chi connectivity index (χ3n) is 3.15. The summed E-state index contributed by atoms with van der Waals surface area (Å²) in [4.78, 5) is 0. The van der Waals surface area contributed by atoms with E-state index in [0.717, 1.165) is 0 Å². The molecule has 0 radical (unpaired) electrons. The summed E-state index contributed by atoms with van der Waals surface area (Å²) in [6, 6.07) is 2.26. The summed E-state index contributed by atoms with van der Waals surface area (Å²) < 4.78 is 0. The third-order valence-corrected chi connectivity index (χ3v) is 3.61. The molecule has 14 heavy (non-hydrogen) atoms. The standard InChI is InChI=1S/C13H19Cl/c1-8-6-9(2)12(5)13(11(8)4)10(3)7-14/h6,10H,7H2,1-5H3. The zero-order valence-electron chi connectivity index (χ0n) is 9.74. The summed E-state index contributed by atoms with van der Waals surface area (Å²) in [5.41, 5.74) is 7.00. The molecule has 0 nitrogen and oxygen atoms in total. The van der Waals surface area contributed by atoms with Crippen molar-refractivity contribution in [2.45, 2.75) is 40.5 Å². The van der Waals surface area contributed by atoms with Crippen molar-refractivity contribution < 1.29 is 0 Å². The van der Waals surface area contributed by atoms with Crippen molar-refractivity contribution in [1.82, 2.24) is 0 Å². The smallest absolute Gasteiger partial charge is 0.0289 e. The van der Waals surface area contributed by atoms with E-state index in [4.69, 9.17) is 11.6 Å². The lowest BCUT2D eigenvalue weighted by Gasteiger charge is -2.19. The summed E-state index contributed by atoms with van der Waals surface area (Å²) in [6.07, 6.45) is 0. The van der Waals surface area contributed by atoms with Crippen molar-refractivity contribution in [1.29, 1.82) is 0 Å². The van der Waals surface area contributed by atoms with Crippen LogP contribution in [0.25, 0.3) is 0 Å². The van der Waals surface area contributed by atoms with Crippen LogP contribution in [0.5, 0.6) is 0 Å². The maximum Gasteiger partial charge on any atom is 0.0289 e. The number of hydrogen-bond acceptors (Lipinski definition) is 0. The molecule has 0 aromatic heterocycles. The fourth-order valence-electron chi connectivity index (χ4n) is 2.06. The molecule has 1 rings (SSSR count). The Kier molecular flexibility index (Phi) is 3.60. The fourth-order valence-corrected chi connectivity index (χ4v) is 2.22. The van der Waals surface area contributed by atoms with Crippen LogP contribution < -0.4 is 0 Å². The van der Waals surface area contributed by atoms with Crippen LogP contribution in [0, 0.1) is 27.7 Å². The van der Waals surface area contributed by atoms with Gasteiger partial charge in [-0.25, -0.2) is 0 Å².